The monoisotopic (exact) mass is 381 g/mol. The molecule has 140 valence electrons. The molecule has 0 saturated heterocycles. The summed E-state index contributed by atoms with van der Waals surface area (Å²) in [6.07, 6.45) is 0.493. The van der Waals surface area contributed by atoms with E-state index in [1.54, 1.807) is 25.1 Å². The summed E-state index contributed by atoms with van der Waals surface area (Å²) in [4.78, 5) is 23.3. The minimum atomic E-state index is -3.73. The maximum atomic E-state index is 11.8. The highest BCUT2D eigenvalue weighted by atomic mass is 32.2. The van der Waals surface area contributed by atoms with Crippen molar-refractivity contribution in [2.45, 2.75) is 31.3 Å². The van der Waals surface area contributed by atoms with E-state index in [1.807, 2.05) is 0 Å². The van der Waals surface area contributed by atoms with Crippen LogP contribution in [0.3, 0.4) is 0 Å². The quantitative estimate of drug-likeness (QED) is 0.723. The average molecular weight is 381 g/mol. The van der Waals surface area contributed by atoms with E-state index in [2.05, 4.69) is 4.74 Å². The highest BCUT2D eigenvalue weighted by Crippen LogP contribution is 2.17. The number of rotatable bonds is 7. The van der Waals surface area contributed by atoms with Gasteiger partial charge in [-0.05, 0) is 37.1 Å². The summed E-state index contributed by atoms with van der Waals surface area (Å²) in [5, 5.41) is 5.02. The predicted octanol–water partition coefficient (Wildman–Crippen LogP) is 1.70. The first-order chi connectivity index (χ1) is 12.2. The third-order valence-electron chi connectivity index (χ3n) is 3.58. The van der Waals surface area contributed by atoms with Gasteiger partial charge in [-0.1, -0.05) is 12.1 Å². The van der Waals surface area contributed by atoms with Crippen LogP contribution < -0.4 is 5.14 Å². The van der Waals surface area contributed by atoms with E-state index >= 15 is 0 Å². The van der Waals surface area contributed by atoms with E-state index in [0.717, 1.165) is 5.56 Å². The van der Waals surface area contributed by atoms with Gasteiger partial charge in [0.25, 0.3) is 0 Å². The van der Waals surface area contributed by atoms with Crippen LogP contribution >= 0.6 is 0 Å². The second-order valence-corrected chi connectivity index (χ2v) is 7.13. The SMILES string of the molecule is COC(=O)c1oc(COC(=O)CCc2ccc(S(N)(=O)=O)cc2)cc1C. The molecule has 0 aliphatic heterocycles. The van der Waals surface area contributed by atoms with Crippen molar-refractivity contribution in [3.8, 4) is 0 Å². The van der Waals surface area contributed by atoms with E-state index in [-0.39, 0.29) is 23.7 Å². The van der Waals surface area contributed by atoms with Crippen molar-refractivity contribution in [1.82, 2.24) is 0 Å². The van der Waals surface area contributed by atoms with Gasteiger partial charge in [-0.3, -0.25) is 4.79 Å². The zero-order valence-electron chi connectivity index (χ0n) is 14.4. The Morgan fingerprint density at radius 3 is 2.42 bits per heavy atom. The van der Waals surface area contributed by atoms with Gasteiger partial charge in [-0.15, -0.1) is 0 Å². The Morgan fingerprint density at radius 2 is 1.85 bits per heavy atom. The number of sulfonamides is 1. The summed E-state index contributed by atoms with van der Waals surface area (Å²) in [6, 6.07) is 7.55. The molecule has 0 radical (unpaired) electrons. The number of aryl methyl sites for hydroxylation is 2. The Labute approximate surface area is 150 Å². The summed E-state index contributed by atoms with van der Waals surface area (Å²) in [5.74, 6) is -0.625. The van der Waals surface area contributed by atoms with E-state index in [4.69, 9.17) is 14.3 Å². The topological polar surface area (TPSA) is 126 Å². The Balaban J connectivity index is 1.85. The van der Waals surface area contributed by atoms with Crippen molar-refractivity contribution in [2.75, 3.05) is 7.11 Å². The number of nitrogens with two attached hydrogens (primary N) is 1. The molecule has 0 amide bonds. The van der Waals surface area contributed by atoms with Crippen molar-refractivity contribution in [3.05, 3.63) is 53.0 Å². The standard InChI is InChI=1S/C17H19NO7S/c1-11-9-13(25-16(11)17(20)23-2)10-24-15(19)8-5-12-3-6-14(7-4-12)26(18,21)22/h3-4,6-7,9H,5,8,10H2,1-2H3,(H2,18,21,22). The first-order valence-electron chi connectivity index (χ1n) is 7.65. The lowest BCUT2D eigenvalue weighted by molar-refractivity contribution is -0.145. The highest BCUT2D eigenvalue weighted by Gasteiger charge is 2.17. The zero-order chi connectivity index (χ0) is 19.3. The maximum absolute atomic E-state index is 11.8. The second kappa shape index (κ2) is 8.15. The first-order valence-corrected chi connectivity index (χ1v) is 9.20. The van der Waals surface area contributed by atoms with Gasteiger partial charge in [-0.25, -0.2) is 18.4 Å². The molecule has 0 bridgehead atoms. The van der Waals surface area contributed by atoms with Crippen LogP contribution in [0.15, 0.2) is 39.6 Å². The second-order valence-electron chi connectivity index (χ2n) is 5.57. The number of esters is 2. The molecule has 1 aromatic carbocycles. The number of ether oxygens (including phenoxy) is 2. The van der Waals surface area contributed by atoms with Gasteiger partial charge in [0, 0.05) is 12.0 Å². The molecule has 1 heterocycles. The maximum Gasteiger partial charge on any atom is 0.374 e. The number of methoxy groups -OCH3 is 1. The molecule has 8 nitrogen and oxygen atoms in total. The summed E-state index contributed by atoms with van der Waals surface area (Å²) in [6.45, 7) is 1.59. The van der Waals surface area contributed by atoms with Crippen LogP contribution in [0.2, 0.25) is 0 Å². The summed E-state index contributed by atoms with van der Waals surface area (Å²) < 4.78 is 37.4. The lowest BCUT2D eigenvalue weighted by Crippen LogP contribution is -2.12. The number of carbonyl (C=O) groups is 2. The van der Waals surface area contributed by atoms with Crippen molar-refractivity contribution in [1.29, 1.82) is 0 Å². The molecule has 0 spiro atoms. The fraction of sp³-hybridized carbons (Fsp3) is 0.294. The number of hydrogen-bond acceptors (Lipinski definition) is 7. The van der Waals surface area contributed by atoms with Gasteiger partial charge in [0.15, 0.2) is 0 Å². The summed E-state index contributed by atoms with van der Waals surface area (Å²) in [7, 11) is -2.49. The van der Waals surface area contributed by atoms with Gasteiger partial charge >= 0.3 is 11.9 Å². The number of hydrogen-bond donors (Lipinski definition) is 1. The molecule has 9 heteroatoms. The van der Waals surface area contributed by atoms with Gasteiger partial charge in [-0.2, -0.15) is 0 Å². The molecule has 0 aliphatic rings. The predicted molar refractivity (Wildman–Crippen MR) is 90.7 cm³/mol. The fourth-order valence-electron chi connectivity index (χ4n) is 2.23. The molecule has 0 unspecified atom stereocenters. The van der Waals surface area contributed by atoms with Crippen LogP contribution in [0.25, 0.3) is 0 Å². The number of carbonyl (C=O) groups excluding carboxylic acids is 2. The highest BCUT2D eigenvalue weighted by molar-refractivity contribution is 7.89. The molecular weight excluding hydrogens is 362 g/mol. The molecule has 1 aromatic heterocycles. The Hall–Kier alpha value is -2.65. The number of furan rings is 1. The van der Waals surface area contributed by atoms with Crippen LogP contribution in [0.4, 0.5) is 0 Å². The molecule has 2 rings (SSSR count). The smallest absolute Gasteiger partial charge is 0.374 e. The van der Waals surface area contributed by atoms with Gasteiger partial charge in [0.2, 0.25) is 15.8 Å². The van der Waals surface area contributed by atoms with Crippen molar-refractivity contribution >= 4 is 22.0 Å². The van der Waals surface area contributed by atoms with Crippen LogP contribution in [0.1, 0.15) is 33.9 Å². The number of primary sulfonamides is 1. The van der Waals surface area contributed by atoms with Crippen molar-refractivity contribution in [3.63, 3.8) is 0 Å². The third kappa shape index (κ3) is 5.17. The van der Waals surface area contributed by atoms with Gasteiger partial charge in [0.05, 0.1) is 12.0 Å². The van der Waals surface area contributed by atoms with E-state index in [9.17, 15) is 18.0 Å². The summed E-state index contributed by atoms with van der Waals surface area (Å²) >= 11 is 0. The normalized spacial score (nSPS) is 11.2. The third-order valence-corrected chi connectivity index (χ3v) is 4.51. The molecular formula is C17H19NO7S. The molecule has 0 fully saturated rings. The molecule has 0 aliphatic carbocycles. The van der Waals surface area contributed by atoms with E-state index < -0.39 is 22.0 Å². The van der Waals surface area contributed by atoms with E-state index in [0.29, 0.717) is 17.7 Å². The van der Waals surface area contributed by atoms with Gasteiger partial charge < -0.3 is 13.9 Å². The van der Waals surface area contributed by atoms with Crippen LogP contribution in [-0.2, 0) is 37.3 Å². The Morgan fingerprint density at radius 1 is 1.19 bits per heavy atom. The van der Waals surface area contributed by atoms with Crippen molar-refractivity contribution in [2.24, 2.45) is 5.14 Å². The minimum absolute atomic E-state index is 0.0124. The van der Waals surface area contributed by atoms with Gasteiger partial charge in [0.1, 0.15) is 12.4 Å². The molecule has 0 atom stereocenters. The van der Waals surface area contributed by atoms with Crippen LogP contribution in [0.5, 0.6) is 0 Å². The van der Waals surface area contributed by atoms with Crippen LogP contribution in [-0.4, -0.2) is 27.5 Å². The van der Waals surface area contributed by atoms with Crippen molar-refractivity contribution < 1.29 is 31.9 Å². The van der Waals surface area contributed by atoms with Crippen LogP contribution in [0, 0.1) is 6.92 Å². The summed E-state index contributed by atoms with van der Waals surface area (Å²) in [5.41, 5.74) is 1.37. The fourth-order valence-corrected chi connectivity index (χ4v) is 2.75. The lowest BCUT2D eigenvalue weighted by atomic mass is 10.1. The molecule has 0 saturated carbocycles. The number of benzene rings is 1. The minimum Gasteiger partial charge on any atom is -0.463 e. The molecule has 2 N–H and O–H groups in total. The Kier molecular flexibility index (Phi) is 6.17. The molecule has 2 aromatic rings. The zero-order valence-corrected chi connectivity index (χ0v) is 15.2. The lowest BCUT2D eigenvalue weighted by Gasteiger charge is -2.04. The van der Waals surface area contributed by atoms with E-state index in [1.165, 1.54) is 19.2 Å². The average Bonchev–Trinajstić information content (AvgIpc) is 2.98. The largest absolute Gasteiger partial charge is 0.463 e. The first kappa shape index (κ1) is 19.7. The Bertz CT molecular complexity index is 898. The molecule has 26 heavy (non-hydrogen) atoms.